The second-order valence-corrected chi connectivity index (χ2v) is 12.8. The lowest BCUT2D eigenvalue weighted by Crippen LogP contribution is -2.04. The highest BCUT2D eigenvalue weighted by molar-refractivity contribution is 5.90. The van der Waals surface area contributed by atoms with Crippen LogP contribution in [0.3, 0.4) is 0 Å². The van der Waals surface area contributed by atoms with E-state index in [0.717, 1.165) is 33.5 Å². The Bertz CT molecular complexity index is 2680. The van der Waals surface area contributed by atoms with E-state index in [4.69, 9.17) is 19.3 Å². The topological polar surface area (TPSA) is 198 Å². The third kappa shape index (κ3) is 8.76. The molecule has 6 aromatic carbocycles. The van der Waals surface area contributed by atoms with Crippen molar-refractivity contribution in [2.24, 2.45) is 0 Å². The molecule has 0 saturated heterocycles. The molecular weight excluding hydrogens is 741 g/mol. The summed E-state index contributed by atoms with van der Waals surface area (Å²) in [6, 6.07) is 39.4. The van der Waals surface area contributed by atoms with Crippen molar-refractivity contribution in [3.05, 3.63) is 166 Å². The first-order valence-electron chi connectivity index (χ1n) is 17.9. The second kappa shape index (κ2) is 17.2. The number of carbonyl (C=O) groups is 2. The Morgan fingerprint density at radius 1 is 0.638 bits per heavy atom. The molecule has 0 spiro atoms. The number of nitrogens with two attached hydrogens (primary N) is 1. The molecular formula is C44H36N6O8. The Balaban J connectivity index is 0.000000177. The van der Waals surface area contributed by atoms with Gasteiger partial charge in [-0.25, -0.2) is 19.6 Å². The highest BCUT2D eigenvalue weighted by atomic mass is 16.6. The van der Waals surface area contributed by atoms with Gasteiger partial charge in [0.05, 0.1) is 41.6 Å². The van der Waals surface area contributed by atoms with Crippen molar-refractivity contribution >= 4 is 56.9 Å². The monoisotopic (exact) mass is 776 g/mol. The summed E-state index contributed by atoms with van der Waals surface area (Å²) in [7, 11) is 2.69. The van der Waals surface area contributed by atoms with Gasteiger partial charge >= 0.3 is 11.9 Å². The molecule has 4 N–H and O–H groups in total. The largest absolute Gasteiger partial charge is 0.465 e. The molecule has 290 valence electrons. The summed E-state index contributed by atoms with van der Waals surface area (Å²) in [6.45, 7) is 0.929. The Labute approximate surface area is 331 Å². The molecule has 0 aliphatic heterocycles. The van der Waals surface area contributed by atoms with Crippen molar-refractivity contribution in [1.82, 2.24) is 9.97 Å². The van der Waals surface area contributed by atoms with Crippen LogP contribution in [0.15, 0.2) is 142 Å². The summed E-state index contributed by atoms with van der Waals surface area (Å²) in [5.41, 5.74) is 15.0. The average molecular weight is 777 g/mol. The lowest BCUT2D eigenvalue weighted by molar-refractivity contribution is -0.383. The maximum atomic E-state index is 11.6. The Morgan fingerprint density at radius 3 is 1.53 bits per heavy atom. The number of ether oxygens (including phenoxy) is 2. The van der Waals surface area contributed by atoms with E-state index in [-0.39, 0.29) is 11.7 Å². The number of nitrogens with zero attached hydrogens (tertiary/aromatic N) is 3. The maximum absolute atomic E-state index is 11.6. The van der Waals surface area contributed by atoms with Crippen LogP contribution in [0.1, 0.15) is 31.8 Å². The van der Waals surface area contributed by atoms with Gasteiger partial charge in [-0.2, -0.15) is 0 Å². The number of hydrogen-bond acceptors (Lipinski definition) is 13. The van der Waals surface area contributed by atoms with Gasteiger partial charge in [0.1, 0.15) is 16.7 Å². The first-order chi connectivity index (χ1) is 28.2. The van der Waals surface area contributed by atoms with Crippen LogP contribution in [0.4, 0.5) is 22.7 Å². The summed E-state index contributed by atoms with van der Waals surface area (Å²) in [5, 5.41) is 18.0. The van der Waals surface area contributed by atoms with Gasteiger partial charge in [0.15, 0.2) is 11.2 Å². The molecule has 2 heterocycles. The van der Waals surface area contributed by atoms with E-state index < -0.39 is 10.9 Å². The van der Waals surface area contributed by atoms with Crippen molar-refractivity contribution in [3.63, 3.8) is 0 Å². The maximum Gasteiger partial charge on any atom is 0.337 e. The smallest absolute Gasteiger partial charge is 0.337 e. The third-order valence-corrected chi connectivity index (χ3v) is 9.04. The first-order valence-corrected chi connectivity index (χ1v) is 17.9. The van der Waals surface area contributed by atoms with Crippen molar-refractivity contribution in [2.45, 2.75) is 13.1 Å². The molecule has 8 aromatic rings. The van der Waals surface area contributed by atoms with Crippen LogP contribution in [-0.2, 0) is 22.6 Å². The van der Waals surface area contributed by atoms with Crippen molar-refractivity contribution in [2.75, 3.05) is 30.6 Å². The minimum absolute atomic E-state index is 0.0825. The molecule has 2 aromatic heterocycles. The summed E-state index contributed by atoms with van der Waals surface area (Å²) < 4.78 is 20.9. The number of hydrogen-bond donors (Lipinski definition) is 3. The van der Waals surface area contributed by atoms with Crippen LogP contribution < -0.4 is 16.4 Å². The van der Waals surface area contributed by atoms with Gasteiger partial charge in [-0.1, -0.05) is 48.5 Å². The number of oxazole rings is 2. The first kappa shape index (κ1) is 38.3. The zero-order valence-electron chi connectivity index (χ0n) is 31.3. The minimum atomic E-state index is -0.450. The highest BCUT2D eigenvalue weighted by Crippen LogP contribution is 2.33. The van der Waals surface area contributed by atoms with E-state index in [2.05, 4.69) is 25.3 Å². The summed E-state index contributed by atoms with van der Waals surface area (Å²) >= 11 is 0. The van der Waals surface area contributed by atoms with Crippen molar-refractivity contribution < 1.29 is 32.8 Å². The number of nitro benzene ring substituents is 1. The predicted octanol–water partition coefficient (Wildman–Crippen LogP) is 9.28. The number of aromatic nitrogens is 2. The van der Waals surface area contributed by atoms with E-state index in [9.17, 15) is 19.7 Å². The van der Waals surface area contributed by atoms with E-state index in [0.29, 0.717) is 64.0 Å². The molecule has 0 amide bonds. The van der Waals surface area contributed by atoms with Gasteiger partial charge in [-0.3, -0.25) is 10.1 Å². The zero-order valence-corrected chi connectivity index (χ0v) is 31.3. The van der Waals surface area contributed by atoms with Crippen LogP contribution >= 0.6 is 0 Å². The van der Waals surface area contributed by atoms with E-state index >= 15 is 0 Å². The number of nitrogen functional groups attached to an aromatic ring is 1. The Hall–Kier alpha value is -8.00. The normalized spacial score (nSPS) is 10.7. The van der Waals surface area contributed by atoms with E-state index in [1.54, 1.807) is 54.6 Å². The van der Waals surface area contributed by atoms with Gasteiger partial charge in [-0.05, 0) is 90.0 Å². The Kier molecular flexibility index (Phi) is 11.4. The van der Waals surface area contributed by atoms with Crippen LogP contribution in [0.5, 0.6) is 0 Å². The van der Waals surface area contributed by atoms with Gasteiger partial charge < -0.3 is 34.7 Å². The summed E-state index contributed by atoms with van der Waals surface area (Å²) in [5.74, 6) is 0.0977. The summed E-state index contributed by atoms with van der Waals surface area (Å²) in [4.78, 5) is 43.0. The molecule has 14 nitrogen and oxygen atoms in total. The fourth-order valence-corrected chi connectivity index (χ4v) is 5.96. The predicted molar refractivity (Wildman–Crippen MR) is 220 cm³/mol. The van der Waals surface area contributed by atoms with Gasteiger partial charge in [-0.15, -0.1) is 0 Å². The van der Waals surface area contributed by atoms with E-state index in [1.807, 2.05) is 72.8 Å². The number of para-hydroxylation sites is 4. The second-order valence-electron chi connectivity index (χ2n) is 12.8. The van der Waals surface area contributed by atoms with Crippen molar-refractivity contribution in [1.29, 1.82) is 0 Å². The molecule has 0 radical (unpaired) electrons. The third-order valence-electron chi connectivity index (χ3n) is 9.04. The molecule has 0 aliphatic rings. The zero-order chi connectivity index (χ0) is 40.6. The lowest BCUT2D eigenvalue weighted by atomic mass is 10.1. The quantitative estimate of drug-likeness (QED) is 0.0487. The number of anilines is 3. The highest BCUT2D eigenvalue weighted by Gasteiger charge is 2.18. The number of carbonyl (C=O) groups excluding carboxylic acids is 2. The van der Waals surface area contributed by atoms with E-state index in [1.165, 1.54) is 20.3 Å². The average Bonchev–Trinajstić information content (AvgIpc) is 3.90. The fourth-order valence-electron chi connectivity index (χ4n) is 5.96. The van der Waals surface area contributed by atoms with Crippen LogP contribution in [0, 0.1) is 10.1 Å². The number of benzene rings is 6. The molecule has 58 heavy (non-hydrogen) atoms. The fraction of sp³-hybridized carbons (Fsp3) is 0.0909. The number of methoxy groups -OCH3 is 2. The number of nitro groups is 1. The van der Waals surface area contributed by atoms with Crippen molar-refractivity contribution in [3.8, 4) is 22.9 Å². The molecule has 14 heteroatoms. The van der Waals surface area contributed by atoms with Gasteiger partial charge in [0.2, 0.25) is 11.8 Å². The minimum Gasteiger partial charge on any atom is -0.465 e. The van der Waals surface area contributed by atoms with Crippen LogP contribution in [0.2, 0.25) is 0 Å². The molecule has 8 rings (SSSR count). The lowest BCUT2D eigenvalue weighted by Gasteiger charge is -2.10. The molecule has 0 atom stereocenters. The number of nitrogens with one attached hydrogen (secondary N) is 2. The molecule has 0 bridgehead atoms. The summed E-state index contributed by atoms with van der Waals surface area (Å²) in [6.07, 6.45) is 0. The standard InChI is InChI=1S/C22H17N3O5.C22H19N3O3/c1-29-22(26)15-8-6-14(7-9-15)13-23-17-11-10-16(12-19(17)25(27)28)21-24-18-4-2-3-5-20(18)30-21;1-27-22(26)15-8-6-14(7-9-15)13-24-18-11-10-16(12-17(18)23)21-25-19-4-2-3-5-20(19)28-21/h2-12,23H,13H2,1H3;2-12,24H,13,23H2,1H3. The molecule has 0 saturated carbocycles. The molecule has 0 unspecified atom stereocenters. The molecule has 0 aliphatic carbocycles. The SMILES string of the molecule is COC(=O)c1ccc(CNc2ccc(-c3nc4ccccc4o3)cc2N)cc1.COC(=O)c1ccc(CNc2ccc(-c3nc4ccccc4o3)cc2[N+](=O)[O-])cc1. The van der Waals surface area contributed by atoms with Crippen LogP contribution in [-0.4, -0.2) is 41.0 Å². The molecule has 0 fully saturated rings. The Morgan fingerprint density at radius 2 is 1.09 bits per heavy atom. The van der Waals surface area contributed by atoms with Gasteiger partial charge in [0, 0.05) is 30.3 Å². The number of fused-ring (bicyclic) bond motifs is 2. The number of rotatable bonds is 11. The number of esters is 2. The van der Waals surface area contributed by atoms with Gasteiger partial charge in [0.25, 0.3) is 5.69 Å². The van der Waals surface area contributed by atoms with Crippen LogP contribution in [0.25, 0.3) is 45.1 Å².